The maximum absolute atomic E-state index is 11.6. The molecule has 3 nitrogen and oxygen atoms in total. The maximum atomic E-state index is 11.6. The van der Waals surface area contributed by atoms with Gasteiger partial charge in [-0.1, -0.05) is 11.6 Å². The van der Waals surface area contributed by atoms with Gasteiger partial charge in [0, 0.05) is 28.3 Å². The van der Waals surface area contributed by atoms with Crippen LogP contribution in [0.3, 0.4) is 0 Å². The second-order valence-electron chi connectivity index (χ2n) is 4.76. The number of hydrogen-bond donors (Lipinski definition) is 1. The summed E-state index contributed by atoms with van der Waals surface area (Å²) < 4.78 is 0. The number of thioether (sulfide) groups is 1. The Morgan fingerprint density at radius 1 is 1.37 bits per heavy atom. The molecule has 1 N–H and O–H groups in total. The summed E-state index contributed by atoms with van der Waals surface area (Å²) in [5.41, 5.74) is 0. The van der Waals surface area contributed by atoms with Gasteiger partial charge in [0.05, 0.1) is 6.54 Å². The standard InChI is InChI=1S/C14H21ClN2OS/c1-11(2)16-14(18)10-17(3)8-9-19-13-6-4-12(15)5-7-13/h4-7,11H,8-10H2,1-3H3,(H,16,18). The number of benzene rings is 1. The van der Waals surface area contributed by atoms with Crippen molar-refractivity contribution in [3.63, 3.8) is 0 Å². The fraction of sp³-hybridized carbons (Fsp3) is 0.500. The topological polar surface area (TPSA) is 32.3 Å². The molecule has 0 spiro atoms. The molecule has 0 aliphatic carbocycles. The second-order valence-corrected chi connectivity index (χ2v) is 6.37. The molecule has 1 aromatic carbocycles. The summed E-state index contributed by atoms with van der Waals surface area (Å²) in [6.45, 7) is 5.25. The number of hydrogen-bond acceptors (Lipinski definition) is 3. The van der Waals surface area contributed by atoms with E-state index >= 15 is 0 Å². The molecule has 0 aliphatic heterocycles. The van der Waals surface area contributed by atoms with E-state index < -0.39 is 0 Å². The van der Waals surface area contributed by atoms with Gasteiger partial charge in [-0.3, -0.25) is 9.69 Å². The van der Waals surface area contributed by atoms with Gasteiger partial charge in [-0.15, -0.1) is 11.8 Å². The lowest BCUT2D eigenvalue weighted by Gasteiger charge is -2.17. The van der Waals surface area contributed by atoms with Crippen molar-refractivity contribution < 1.29 is 4.79 Å². The van der Waals surface area contributed by atoms with Gasteiger partial charge in [0.25, 0.3) is 0 Å². The highest BCUT2D eigenvalue weighted by molar-refractivity contribution is 7.99. The third-order valence-corrected chi connectivity index (χ3v) is 3.66. The molecule has 0 aromatic heterocycles. The van der Waals surface area contributed by atoms with E-state index in [0.29, 0.717) is 6.54 Å². The van der Waals surface area contributed by atoms with Crippen molar-refractivity contribution in [3.8, 4) is 0 Å². The molecule has 0 atom stereocenters. The van der Waals surface area contributed by atoms with E-state index in [0.717, 1.165) is 17.3 Å². The Kier molecular flexibility index (Phi) is 7.28. The third kappa shape index (κ3) is 7.45. The lowest BCUT2D eigenvalue weighted by atomic mass is 10.4. The quantitative estimate of drug-likeness (QED) is 0.786. The first-order chi connectivity index (χ1) is 8.97. The Hall–Kier alpha value is -0.710. The van der Waals surface area contributed by atoms with Crippen LogP contribution in [0.2, 0.25) is 5.02 Å². The molecule has 1 amide bonds. The fourth-order valence-corrected chi connectivity index (χ4v) is 2.64. The van der Waals surface area contributed by atoms with Crippen LogP contribution in [0.1, 0.15) is 13.8 Å². The Morgan fingerprint density at radius 3 is 2.58 bits per heavy atom. The zero-order valence-electron chi connectivity index (χ0n) is 11.6. The summed E-state index contributed by atoms with van der Waals surface area (Å²) in [7, 11) is 1.96. The number of rotatable bonds is 7. The van der Waals surface area contributed by atoms with Crippen LogP contribution >= 0.6 is 23.4 Å². The molecule has 0 unspecified atom stereocenters. The highest BCUT2D eigenvalue weighted by atomic mass is 35.5. The Labute approximate surface area is 124 Å². The molecule has 0 saturated carbocycles. The largest absolute Gasteiger partial charge is 0.353 e. The van der Waals surface area contributed by atoms with Crippen LogP contribution in [0.5, 0.6) is 0 Å². The van der Waals surface area contributed by atoms with E-state index in [9.17, 15) is 4.79 Å². The summed E-state index contributed by atoms with van der Waals surface area (Å²) >= 11 is 7.60. The Balaban J connectivity index is 2.21. The monoisotopic (exact) mass is 300 g/mol. The molecule has 5 heteroatoms. The molecule has 0 aliphatic rings. The predicted molar refractivity (Wildman–Crippen MR) is 83.0 cm³/mol. The van der Waals surface area contributed by atoms with Crippen LogP contribution < -0.4 is 5.32 Å². The van der Waals surface area contributed by atoms with Crippen LogP contribution in [0.15, 0.2) is 29.2 Å². The van der Waals surface area contributed by atoms with Crippen molar-refractivity contribution in [1.29, 1.82) is 0 Å². The van der Waals surface area contributed by atoms with Gasteiger partial charge in [0.2, 0.25) is 5.91 Å². The van der Waals surface area contributed by atoms with Crippen LogP contribution in [-0.4, -0.2) is 42.7 Å². The Morgan fingerprint density at radius 2 is 2.00 bits per heavy atom. The lowest BCUT2D eigenvalue weighted by molar-refractivity contribution is -0.122. The van der Waals surface area contributed by atoms with Crippen LogP contribution in [0, 0.1) is 0 Å². The SMILES string of the molecule is CC(C)NC(=O)CN(C)CCSc1ccc(Cl)cc1. The third-order valence-electron chi connectivity index (χ3n) is 2.42. The van der Waals surface area contributed by atoms with E-state index in [1.54, 1.807) is 11.8 Å². The molecule has 1 aromatic rings. The number of amides is 1. The zero-order valence-corrected chi connectivity index (χ0v) is 13.2. The van der Waals surface area contributed by atoms with E-state index in [4.69, 9.17) is 11.6 Å². The minimum atomic E-state index is 0.0778. The van der Waals surface area contributed by atoms with E-state index in [1.165, 1.54) is 4.90 Å². The molecular weight excluding hydrogens is 280 g/mol. The lowest BCUT2D eigenvalue weighted by Crippen LogP contribution is -2.39. The van der Waals surface area contributed by atoms with Crippen LogP contribution in [0.25, 0.3) is 0 Å². The smallest absolute Gasteiger partial charge is 0.234 e. The summed E-state index contributed by atoms with van der Waals surface area (Å²) in [5.74, 6) is 1.03. The number of carbonyl (C=O) groups is 1. The summed E-state index contributed by atoms with van der Waals surface area (Å²) in [4.78, 5) is 14.8. The molecule has 0 saturated heterocycles. The van der Waals surface area contributed by atoms with Gasteiger partial charge in [0.1, 0.15) is 0 Å². The van der Waals surface area contributed by atoms with Gasteiger partial charge in [0.15, 0.2) is 0 Å². The average Bonchev–Trinajstić information content (AvgIpc) is 2.30. The molecule has 0 bridgehead atoms. The van der Waals surface area contributed by atoms with Gasteiger partial charge >= 0.3 is 0 Å². The minimum absolute atomic E-state index is 0.0778. The van der Waals surface area contributed by atoms with Crippen molar-refractivity contribution in [3.05, 3.63) is 29.3 Å². The van der Waals surface area contributed by atoms with Gasteiger partial charge in [-0.05, 0) is 45.2 Å². The first kappa shape index (κ1) is 16.3. The molecule has 0 fully saturated rings. The Bertz CT molecular complexity index is 395. The van der Waals surface area contributed by atoms with Crippen molar-refractivity contribution in [2.45, 2.75) is 24.8 Å². The van der Waals surface area contributed by atoms with Crippen molar-refractivity contribution in [2.75, 3.05) is 25.9 Å². The van der Waals surface area contributed by atoms with Crippen molar-refractivity contribution in [1.82, 2.24) is 10.2 Å². The first-order valence-electron chi connectivity index (χ1n) is 6.33. The molecule has 0 heterocycles. The van der Waals surface area contributed by atoms with Crippen molar-refractivity contribution >= 4 is 29.3 Å². The van der Waals surface area contributed by atoms with Gasteiger partial charge in [-0.2, -0.15) is 0 Å². The fourth-order valence-electron chi connectivity index (χ4n) is 1.54. The maximum Gasteiger partial charge on any atom is 0.234 e. The molecule has 0 radical (unpaired) electrons. The predicted octanol–water partition coefficient (Wildman–Crippen LogP) is 2.89. The van der Waals surface area contributed by atoms with E-state index in [2.05, 4.69) is 5.32 Å². The number of halogens is 1. The molecule has 19 heavy (non-hydrogen) atoms. The number of nitrogens with zero attached hydrogens (tertiary/aromatic N) is 1. The zero-order chi connectivity index (χ0) is 14.3. The normalized spacial score (nSPS) is 11.1. The number of carbonyl (C=O) groups excluding carboxylic acids is 1. The van der Waals surface area contributed by atoms with Crippen LogP contribution in [-0.2, 0) is 4.79 Å². The number of nitrogens with one attached hydrogen (secondary N) is 1. The summed E-state index contributed by atoms with van der Waals surface area (Å²) in [6, 6.07) is 8.01. The molecule has 1 rings (SSSR count). The van der Waals surface area contributed by atoms with Gasteiger partial charge < -0.3 is 5.32 Å². The number of likely N-dealkylation sites (N-methyl/N-ethyl adjacent to an activating group) is 1. The molecular formula is C14H21ClN2OS. The summed E-state index contributed by atoms with van der Waals surface area (Å²) in [5, 5.41) is 3.64. The highest BCUT2D eigenvalue weighted by Gasteiger charge is 2.07. The first-order valence-corrected chi connectivity index (χ1v) is 7.70. The minimum Gasteiger partial charge on any atom is -0.353 e. The van der Waals surface area contributed by atoms with E-state index in [-0.39, 0.29) is 11.9 Å². The second kappa shape index (κ2) is 8.46. The molecule has 106 valence electrons. The highest BCUT2D eigenvalue weighted by Crippen LogP contribution is 2.19. The van der Waals surface area contributed by atoms with Gasteiger partial charge in [-0.25, -0.2) is 0 Å². The van der Waals surface area contributed by atoms with Crippen LogP contribution in [0.4, 0.5) is 0 Å². The average molecular weight is 301 g/mol. The van der Waals surface area contributed by atoms with Crippen molar-refractivity contribution in [2.24, 2.45) is 0 Å². The summed E-state index contributed by atoms with van der Waals surface area (Å²) in [6.07, 6.45) is 0. The van der Waals surface area contributed by atoms with E-state index in [1.807, 2.05) is 50.1 Å².